The maximum absolute atomic E-state index is 16.4. The number of nitrogens with one attached hydrogen (secondary N) is 2. The van der Waals surface area contributed by atoms with Gasteiger partial charge in [-0.15, -0.1) is 0 Å². The molecule has 2 fully saturated rings. The van der Waals surface area contributed by atoms with E-state index in [0.29, 0.717) is 37.0 Å². The van der Waals surface area contributed by atoms with Crippen molar-refractivity contribution >= 4 is 39.0 Å². The third kappa shape index (κ3) is 5.03. The zero-order chi connectivity index (χ0) is 33.4. The molecule has 2 saturated heterocycles. The number of nitrogens with zero attached hydrogens (tertiary/aromatic N) is 3. The van der Waals surface area contributed by atoms with Crippen molar-refractivity contribution in [2.45, 2.75) is 70.5 Å². The van der Waals surface area contributed by atoms with E-state index in [4.69, 9.17) is 10.5 Å². The normalized spacial score (nSPS) is 21.6. The van der Waals surface area contributed by atoms with Crippen LogP contribution in [0.1, 0.15) is 63.7 Å². The van der Waals surface area contributed by atoms with Crippen molar-refractivity contribution in [1.82, 2.24) is 19.8 Å². The number of hydroxylamine groups is 2. The zero-order valence-electron chi connectivity index (χ0n) is 27.6. The van der Waals surface area contributed by atoms with Gasteiger partial charge in [-0.05, 0) is 95.8 Å². The largest absolute Gasteiger partial charge is 0.451 e. The summed E-state index contributed by atoms with van der Waals surface area (Å²) in [5.74, 6) is -0.828. The minimum atomic E-state index is -0.821. The van der Waals surface area contributed by atoms with Crippen LogP contribution in [-0.4, -0.2) is 69.4 Å². The van der Waals surface area contributed by atoms with Crippen LogP contribution < -0.4 is 26.5 Å². The van der Waals surface area contributed by atoms with E-state index in [1.165, 1.54) is 11.3 Å². The van der Waals surface area contributed by atoms with E-state index in [9.17, 15) is 14.8 Å². The summed E-state index contributed by atoms with van der Waals surface area (Å²) in [7, 11) is 2.08. The van der Waals surface area contributed by atoms with Crippen LogP contribution >= 0.6 is 0 Å². The van der Waals surface area contributed by atoms with Crippen molar-refractivity contribution in [2.75, 3.05) is 37.7 Å². The molecule has 4 aromatic rings. The molecule has 248 valence electrons. The van der Waals surface area contributed by atoms with Gasteiger partial charge in [0.2, 0.25) is 5.43 Å². The fourth-order valence-corrected chi connectivity index (χ4v) is 7.98. The number of amides is 1. The number of anilines is 2. The van der Waals surface area contributed by atoms with Gasteiger partial charge >= 0.3 is 0 Å². The van der Waals surface area contributed by atoms with Gasteiger partial charge in [0.05, 0.1) is 16.8 Å². The van der Waals surface area contributed by atoms with E-state index in [1.807, 2.05) is 64.1 Å². The molecule has 3 aromatic carbocycles. The molecule has 0 aliphatic carbocycles. The molecule has 0 spiro atoms. The molecule has 4 heterocycles. The van der Waals surface area contributed by atoms with Gasteiger partial charge in [-0.25, -0.2) is 4.39 Å². The third-order valence-electron chi connectivity index (χ3n) is 10.7. The Hall–Kier alpha value is -4.19. The fourth-order valence-electron chi connectivity index (χ4n) is 7.98. The molecule has 7 rings (SSSR count). The van der Waals surface area contributed by atoms with E-state index in [2.05, 4.69) is 22.6 Å². The highest BCUT2D eigenvalue weighted by Gasteiger charge is 2.51. The van der Waals surface area contributed by atoms with Gasteiger partial charge in [-0.1, -0.05) is 24.3 Å². The van der Waals surface area contributed by atoms with Crippen LogP contribution in [0.2, 0.25) is 0 Å². The number of rotatable bonds is 7. The summed E-state index contributed by atoms with van der Waals surface area (Å²) in [5, 5.41) is 20.2. The predicted molar refractivity (Wildman–Crippen MR) is 182 cm³/mol. The smallest absolute Gasteiger partial charge is 0.256 e. The van der Waals surface area contributed by atoms with Gasteiger partial charge in [-0.2, -0.15) is 5.06 Å². The van der Waals surface area contributed by atoms with Crippen molar-refractivity contribution < 1.29 is 19.1 Å². The molecule has 2 unspecified atom stereocenters. The number of nitrogen functional groups attached to an aromatic ring is 1. The van der Waals surface area contributed by atoms with Gasteiger partial charge in [0.15, 0.2) is 17.3 Å². The highest BCUT2D eigenvalue weighted by atomic mass is 19.1. The number of likely N-dealkylation sites (tertiary alicyclic amines) is 1. The molecule has 10 nitrogen and oxygen atoms in total. The first-order chi connectivity index (χ1) is 22.3. The Balaban J connectivity index is 1.34. The van der Waals surface area contributed by atoms with E-state index in [1.54, 1.807) is 4.57 Å². The summed E-state index contributed by atoms with van der Waals surface area (Å²) >= 11 is 0. The monoisotopic (exact) mass is 642 g/mol. The maximum atomic E-state index is 16.4. The van der Waals surface area contributed by atoms with Crippen molar-refractivity contribution in [1.29, 1.82) is 0 Å². The number of carbonyl (C=O) groups excluding carboxylic acids is 1. The second-order valence-corrected chi connectivity index (χ2v) is 14.5. The molecular weight excluding hydrogens is 599 g/mol. The van der Waals surface area contributed by atoms with Crippen molar-refractivity contribution in [3.8, 4) is 17.2 Å². The summed E-state index contributed by atoms with van der Waals surface area (Å²) in [4.78, 5) is 29.9. The molecule has 0 bridgehead atoms. The molecule has 3 aliphatic heterocycles. The quantitative estimate of drug-likeness (QED) is 0.163. The van der Waals surface area contributed by atoms with Crippen LogP contribution in [0.5, 0.6) is 11.5 Å². The standard InChI is InChI=1S/C36H43FN6O4/c1-35(2)17-22(36(3,4)43(35)46)18-40-30-28(37)29(38)27-31-33(30)47-26-16-21-10-7-6-9-20(21)15-25(26)42(31)19-24(32(27)44)34(45)39-13-12-23-11-8-14-41(23)5/h6-7,9-10,15-16,19,22-23,40,46H,8,11-14,17-18,38H2,1-5H3,(H,39,45). The molecule has 2 atom stereocenters. The van der Waals surface area contributed by atoms with E-state index in [0.717, 1.165) is 36.6 Å². The van der Waals surface area contributed by atoms with Crippen molar-refractivity contribution in [2.24, 2.45) is 5.92 Å². The van der Waals surface area contributed by atoms with Crippen molar-refractivity contribution in [3.05, 3.63) is 64.2 Å². The number of fused-ring (bicyclic) bond motifs is 3. The second kappa shape index (κ2) is 11.2. The molecule has 0 radical (unpaired) electrons. The number of nitrogens with two attached hydrogens (primary N) is 1. The summed E-state index contributed by atoms with van der Waals surface area (Å²) in [6, 6.07) is 12.0. The van der Waals surface area contributed by atoms with Crippen LogP contribution in [0.3, 0.4) is 0 Å². The Labute approximate surface area is 273 Å². The molecule has 3 aliphatic rings. The zero-order valence-corrected chi connectivity index (χ0v) is 27.6. The average molecular weight is 643 g/mol. The molecule has 0 saturated carbocycles. The van der Waals surface area contributed by atoms with Gasteiger partial charge < -0.3 is 35.8 Å². The first kappa shape index (κ1) is 31.4. The molecule has 5 N–H and O–H groups in total. The number of aromatic nitrogens is 1. The van der Waals surface area contributed by atoms with Crippen molar-refractivity contribution in [3.63, 3.8) is 0 Å². The minimum Gasteiger partial charge on any atom is -0.451 e. The summed E-state index contributed by atoms with van der Waals surface area (Å²) in [6.07, 6.45) is 5.16. The summed E-state index contributed by atoms with van der Waals surface area (Å²) in [6.45, 7) is 9.61. The minimum absolute atomic E-state index is 0.0323. The van der Waals surface area contributed by atoms with Gasteiger partial charge in [0, 0.05) is 36.4 Å². The lowest BCUT2D eigenvalue weighted by atomic mass is 9.87. The first-order valence-electron chi connectivity index (χ1n) is 16.4. The lowest BCUT2D eigenvalue weighted by Gasteiger charge is -2.36. The number of hydrogen-bond acceptors (Lipinski definition) is 8. The van der Waals surface area contributed by atoms with Crippen LogP contribution in [0.25, 0.3) is 27.4 Å². The number of benzene rings is 3. The Kier molecular flexibility index (Phi) is 7.49. The molecule has 47 heavy (non-hydrogen) atoms. The number of carbonyl (C=O) groups is 1. The predicted octanol–water partition coefficient (Wildman–Crippen LogP) is 5.87. The average Bonchev–Trinajstić information content (AvgIpc) is 3.51. The van der Waals surface area contributed by atoms with Gasteiger partial charge in [0.25, 0.3) is 5.91 Å². The van der Waals surface area contributed by atoms with E-state index in [-0.39, 0.29) is 39.5 Å². The highest BCUT2D eigenvalue weighted by molar-refractivity contribution is 6.06. The number of ether oxygens (including phenoxy) is 1. The third-order valence-corrected chi connectivity index (χ3v) is 10.7. The first-order valence-corrected chi connectivity index (χ1v) is 16.4. The Morgan fingerprint density at radius 3 is 2.55 bits per heavy atom. The molecule has 1 amide bonds. The Bertz CT molecular complexity index is 1990. The van der Waals surface area contributed by atoms with Crippen LogP contribution in [0.4, 0.5) is 15.8 Å². The fraction of sp³-hybridized carbons (Fsp3) is 0.444. The number of pyridine rings is 1. The second-order valence-electron chi connectivity index (χ2n) is 14.5. The maximum Gasteiger partial charge on any atom is 0.256 e. The number of halogens is 1. The topological polar surface area (TPSA) is 125 Å². The molecular formula is C36H43FN6O4. The lowest BCUT2D eigenvalue weighted by Crippen LogP contribution is -2.48. The van der Waals surface area contributed by atoms with Gasteiger partial charge in [-0.3, -0.25) is 9.59 Å². The lowest BCUT2D eigenvalue weighted by molar-refractivity contribution is -0.196. The van der Waals surface area contributed by atoms with E-state index < -0.39 is 28.2 Å². The van der Waals surface area contributed by atoms with Crippen LogP contribution in [0, 0.1) is 11.7 Å². The highest BCUT2D eigenvalue weighted by Crippen LogP contribution is 2.49. The molecule has 11 heteroatoms. The summed E-state index contributed by atoms with van der Waals surface area (Å²) in [5.41, 5.74) is 5.20. The van der Waals surface area contributed by atoms with Crippen LogP contribution in [-0.2, 0) is 0 Å². The SMILES string of the molecule is CN1CCCC1CCNC(=O)c1cn2c3c(c(NCC4CC(C)(C)N(O)C4(C)C)c(F)c(N)c3c1=O)Oc1cc3ccccc3cc1-2. The number of hydrogen-bond donors (Lipinski definition) is 4. The van der Waals surface area contributed by atoms with Gasteiger partial charge in [0.1, 0.15) is 16.8 Å². The van der Waals surface area contributed by atoms with E-state index >= 15 is 4.39 Å². The Morgan fingerprint density at radius 2 is 1.89 bits per heavy atom. The van der Waals surface area contributed by atoms with Crippen LogP contribution in [0.15, 0.2) is 47.4 Å². The summed E-state index contributed by atoms with van der Waals surface area (Å²) < 4.78 is 24.6. The molecule has 1 aromatic heterocycles. The Morgan fingerprint density at radius 1 is 1.17 bits per heavy atom.